The third kappa shape index (κ3) is 38.3. The Morgan fingerprint density at radius 3 is 1.68 bits per heavy atom. The van der Waals surface area contributed by atoms with Crippen molar-refractivity contribution < 1.29 is 126 Å². The molecule has 1 aliphatic heterocycles. The number of likely N-dealkylation sites (tertiary alicyclic amines) is 1. The Hall–Kier alpha value is -11.1. The second-order valence-corrected chi connectivity index (χ2v) is 30.1. The van der Waals surface area contributed by atoms with Crippen molar-refractivity contribution in [3.63, 3.8) is 0 Å². The van der Waals surface area contributed by atoms with Crippen LogP contribution in [0.1, 0.15) is 101 Å². The number of guanidine groups is 1. The van der Waals surface area contributed by atoms with Crippen molar-refractivity contribution in [1.29, 1.82) is 5.41 Å². The fourth-order valence-electron chi connectivity index (χ4n) is 9.91. The Kier molecular flexibility index (Phi) is 43.3. The third-order valence-electron chi connectivity index (χ3n) is 15.9. The molecule has 23 N–H and O–H groups in total. The predicted octanol–water partition coefficient (Wildman–Crippen LogP) is -5.34. The lowest BCUT2D eigenvalue weighted by molar-refractivity contribution is -0.144. The van der Waals surface area contributed by atoms with Crippen LogP contribution in [0, 0.1) is 5.41 Å². The van der Waals surface area contributed by atoms with Crippen LogP contribution in [0.25, 0.3) is 11.2 Å². The third-order valence-corrected chi connectivity index (χ3v) is 20.5. The maximum absolute atomic E-state index is 14.0. The summed E-state index contributed by atoms with van der Waals surface area (Å²) in [6.07, 6.45) is -4.77. The highest BCUT2D eigenvalue weighted by Gasteiger charge is 2.41. The van der Waals surface area contributed by atoms with Gasteiger partial charge in [-0.3, -0.25) is 87.2 Å². The summed E-state index contributed by atoms with van der Waals surface area (Å²) in [5, 5.41) is 91.0. The number of benzene rings is 1. The number of nitrogen functional groups attached to an aromatic ring is 1. The van der Waals surface area contributed by atoms with Gasteiger partial charge in [0.25, 0.3) is 11.5 Å². The number of anilines is 2. The van der Waals surface area contributed by atoms with E-state index in [-0.39, 0.29) is 157 Å². The Morgan fingerprint density at radius 2 is 1.12 bits per heavy atom. The summed E-state index contributed by atoms with van der Waals surface area (Å²) in [7, 11) is 3.02. The van der Waals surface area contributed by atoms with Crippen LogP contribution >= 0.6 is 33.3 Å². The number of carboxylic acids is 5. The summed E-state index contributed by atoms with van der Waals surface area (Å²) in [6, 6.07) is -6.47. The maximum Gasteiger partial charge on any atom is 0.327 e. The van der Waals surface area contributed by atoms with Gasteiger partial charge in [-0.05, 0) is 57.4 Å². The zero-order valence-electron chi connectivity index (χ0n) is 63.2. The lowest BCUT2D eigenvalue weighted by Gasteiger charge is -2.26. The molecule has 46 nitrogen and oxygen atoms in total. The van der Waals surface area contributed by atoms with Gasteiger partial charge in [-0.1, -0.05) is 21.6 Å². The minimum atomic E-state index is -2.24. The van der Waals surface area contributed by atoms with Crippen molar-refractivity contribution in [2.75, 3.05) is 115 Å². The number of nitrogens with one attached hydrogen (secondary N) is 13. The van der Waals surface area contributed by atoms with Crippen molar-refractivity contribution in [2.45, 2.75) is 137 Å². The van der Waals surface area contributed by atoms with E-state index in [0.717, 1.165) is 4.90 Å². The normalized spacial score (nSPS) is 14.1. The molecule has 4 rings (SSSR count). The highest BCUT2D eigenvalue weighted by atomic mass is 33.1. The van der Waals surface area contributed by atoms with Gasteiger partial charge in [0.1, 0.15) is 36.3 Å². The van der Waals surface area contributed by atoms with Crippen LogP contribution in [0.2, 0.25) is 0 Å². The molecular formula is C67H97N19O27S3. The maximum atomic E-state index is 14.0. The average molecular weight is 1700 g/mol. The van der Waals surface area contributed by atoms with Crippen molar-refractivity contribution in [3.8, 4) is 0 Å². The van der Waals surface area contributed by atoms with E-state index in [4.69, 9.17) is 35.8 Å². The number of nitrogens with zero attached hydrogens (tertiary/aromatic N) is 4. The number of aliphatic carboxylic acids is 5. The summed E-state index contributed by atoms with van der Waals surface area (Å²) < 4.78 is 21.5. The number of H-pyrrole nitrogens is 1. The van der Waals surface area contributed by atoms with E-state index in [9.17, 15) is 112 Å². The Labute approximate surface area is 673 Å². The number of aromatic amines is 1. The molecule has 49 heteroatoms. The largest absolute Gasteiger partial charge is 0.481 e. The quantitative estimate of drug-likeness (QED) is 0.00825. The number of aliphatic hydroxyl groups excluding tert-OH is 1. The zero-order chi connectivity index (χ0) is 85.9. The number of rotatable bonds is 59. The summed E-state index contributed by atoms with van der Waals surface area (Å²) in [5.74, 6) is -19.6. The predicted molar refractivity (Wildman–Crippen MR) is 412 cm³/mol. The summed E-state index contributed by atoms with van der Waals surface area (Å²) >= 11 is 0.606. The topological polar surface area (TPSA) is 714 Å². The number of imide groups is 1. The molecular weight excluding hydrogens is 1600 g/mol. The molecule has 1 fully saturated rings. The monoisotopic (exact) mass is 1700 g/mol. The van der Waals surface area contributed by atoms with Gasteiger partial charge in [0.05, 0.1) is 102 Å². The summed E-state index contributed by atoms with van der Waals surface area (Å²) in [6.45, 7) is 5.57. The molecule has 3 aromatic rings. The van der Waals surface area contributed by atoms with E-state index < -0.39 is 187 Å². The van der Waals surface area contributed by atoms with Crippen LogP contribution < -0.4 is 75.5 Å². The number of carboxylic acid groups (broad SMARTS) is 5. The first-order valence-electron chi connectivity index (χ1n) is 35.9. The Balaban J connectivity index is 1.20. The standard InChI is InChI=1S/C67H97N19O27S3/c1-67(2,35-87)116-115-27-13-48(90)72-16-15-71-47(89)12-19-110-21-23-112-25-26-113-24-22-111-20-17-73-46(88)11-18-86-50(92)31-45(62(86)105)114-34-44(64(108)109)83-60(103)43(30-53(97)98)82-59(102)42(29-52(95)96)81-57(100)39(4-3-14-74-65(68)69)79-58(101)41(28-51(93)94)78-49(91)10-9-40(63(106)107)80-56(99)36-5-7-37(8-6-36)75-32-38-33-76-55-54(77-38)61(104)85-66(70)84-55/h5-8,33,39-45,75,87H,3-4,9-32,34-35H2,1-2H3,(H,71,89)(H,72,90)(H,73,88)(H,78,91)(H,79,101)(H,80,99)(H,81,100)(H,82,102)(H,83,103)(H,93,94)(H,95,96)(H,97,98)(H,106,107)(H,108,109)(H4,68,69,74)(H3,70,76,84,85,104)/t39-,40-,41-,42-,43-,44-,45?/m0/s1. The highest BCUT2D eigenvalue weighted by Crippen LogP contribution is 2.35. The van der Waals surface area contributed by atoms with Gasteiger partial charge < -0.3 is 120 Å². The van der Waals surface area contributed by atoms with E-state index >= 15 is 0 Å². The molecule has 640 valence electrons. The van der Waals surface area contributed by atoms with Crippen molar-refractivity contribution in [2.24, 2.45) is 5.73 Å². The molecule has 1 unspecified atom stereocenters. The van der Waals surface area contributed by atoms with Crippen LogP contribution in [0.3, 0.4) is 0 Å². The first-order chi connectivity index (χ1) is 55.0. The van der Waals surface area contributed by atoms with Crippen molar-refractivity contribution >= 4 is 157 Å². The van der Waals surface area contributed by atoms with E-state index in [1.807, 2.05) is 24.5 Å². The van der Waals surface area contributed by atoms with Gasteiger partial charge in [-0.15, -0.1) is 11.8 Å². The zero-order valence-corrected chi connectivity index (χ0v) is 65.6. The van der Waals surface area contributed by atoms with Gasteiger partial charge >= 0.3 is 29.8 Å². The van der Waals surface area contributed by atoms with Crippen LogP contribution in [0.15, 0.2) is 35.3 Å². The van der Waals surface area contributed by atoms with Gasteiger partial charge in [-0.2, -0.15) is 4.98 Å². The number of ether oxygens (including phenoxy) is 4. The molecule has 3 heterocycles. The van der Waals surface area contributed by atoms with Gasteiger partial charge in [0.15, 0.2) is 17.1 Å². The number of hydrogen-bond acceptors (Lipinski definition) is 31. The second-order valence-electron chi connectivity index (χ2n) is 25.8. The van der Waals surface area contributed by atoms with E-state index in [1.165, 1.54) is 52.1 Å². The van der Waals surface area contributed by atoms with Crippen LogP contribution in [-0.2, 0) is 97.4 Å². The lowest BCUT2D eigenvalue weighted by Crippen LogP contribution is -2.59. The molecule has 116 heavy (non-hydrogen) atoms. The molecule has 0 radical (unpaired) electrons. The number of thioether (sulfide) groups is 1. The molecule has 0 spiro atoms. The molecule has 1 aromatic carbocycles. The molecule has 0 bridgehead atoms. The molecule has 11 amide bonds. The minimum Gasteiger partial charge on any atom is -0.481 e. The molecule has 1 saturated heterocycles. The molecule has 0 aliphatic carbocycles. The number of nitrogens with two attached hydrogens (primary N) is 2. The van der Waals surface area contributed by atoms with Crippen molar-refractivity contribution in [3.05, 3.63) is 52.1 Å². The number of aliphatic hydroxyl groups is 1. The van der Waals surface area contributed by atoms with Gasteiger partial charge in [-0.25, -0.2) is 19.6 Å². The number of aromatic nitrogens is 4. The minimum absolute atomic E-state index is 0.0226. The lowest BCUT2D eigenvalue weighted by atomic mass is 10.1. The van der Waals surface area contributed by atoms with Crippen LogP contribution in [-0.4, -0.2) is 306 Å². The first-order valence-corrected chi connectivity index (χ1v) is 39.3. The molecule has 1 aliphatic rings. The molecule has 7 atom stereocenters. The van der Waals surface area contributed by atoms with Crippen molar-refractivity contribution in [1.82, 2.24) is 78.0 Å². The fraction of sp³-hybridized carbons (Fsp3) is 0.567. The number of carbonyl (C=O) groups excluding carboxylic acids is 11. The van der Waals surface area contributed by atoms with Gasteiger partial charge in [0, 0.05) is 92.3 Å². The average Bonchev–Trinajstić information content (AvgIpc) is 1.76. The Morgan fingerprint density at radius 1 is 0.603 bits per heavy atom. The fourth-order valence-corrected chi connectivity index (χ4v) is 13.4. The van der Waals surface area contributed by atoms with Crippen LogP contribution in [0.4, 0.5) is 11.6 Å². The van der Waals surface area contributed by atoms with Crippen LogP contribution in [0.5, 0.6) is 0 Å². The Bertz CT molecular complexity index is 3980. The van der Waals surface area contributed by atoms with Gasteiger partial charge in [0.2, 0.25) is 65.0 Å². The second kappa shape index (κ2) is 51.7. The smallest absolute Gasteiger partial charge is 0.327 e. The molecule has 2 aromatic heterocycles. The summed E-state index contributed by atoms with van der Waals surface area (Å²) in [4.78, 5) is 233. The molecule has 0 saturated carbocycles. The van der Waals surface area contributed by atoms with E-state index in [0.29, 0.717) is 35.3 Å². The number of fused-ring (bicyclic) bond motifs is 1. The number of amides is 11. The SMILES string of the molecule is CC(C)(CO)SSCCC(=O)NCCNC(=O)CCOCCOCCOCCOCCNC(=O)CCN1C(=O)CC(SC[C@H](NC(=O)[C@H](CC(=O)O)NC(=O)[C@H](CC(=O)O)NC(=O)[C@H](CCCNC(=N)N)NC(=O)[C@H](CC(=O)O)NC(=O)CC[C@H](NC(=O)c2ccc(NCc3cnc4nc(N)[nH]c(=O)c4n3)cc2)C(=O)O)C(=O)O)C1=O. The van der Waals surface area contributed by atoms with E-state index in [1.54, 1.807) is 0 Å². The summed E-state index contributed by atoms with van der Waals surface area (Å²) in [5.41, 5.74) is 11.0. The first kappa shape index (κ1) is 97.2. The number of carbonyl (C=O) groups is 16. The highest BCUT2D eigenvalue weighted by molar-refractivity contribution is 8.77. The van der Waals surface area contributed by atoms with E-state index in [2.05, 4.69) is 67.8 Å². The number of hydrogen-bond donors (Lipinski definition) is 21.